The standard InChI is InChI=1S/C7H7BrF2N2O3S/c1-15-7-5(16(11,13)14)4(8)3(2-12-7)6(9)10/h2,6H,1H3,(H2,11,13,14). The maximum absolute atomic E-state index is 12.5. The molecule has 1 aromatic heterocycles. The third-order valence-corrected chi connectivity index (χ3v) is 3.75. The quantitative estimate of drug-likeness (QED) is 0.914. The molecule has 1 aromatic rings. The Morgan fingerprint density at radius 3 is 2.50 bits per heavy atom. The van der Waals surface area contributed by atoms with Crippen LogP contribution in [0.5, 0.6) is 5.88 Å². The van der Waals surface area contributed by atoms with Gasteiger partial charge in [-0.2, -0.15) is 0 Å². The van der Waals surface area contributed by atoms with E-state index < -0.39 is 26.9 Å². The van der Waals surface area contributed by atoms with Crippen molar-refractivity contribution in [1.29, 1.82) is 0 Å². The third-order valence-electron chi connectivity index (χ3n) is 1.68. The fourth-order valence-corrected chi connectivity index (χ4v) is 2.88. The number of nitrogens with zero attached hydrogens (tertiary/aromatic N) is 1. The highest BCUT2D eigenvalue weighted by atomic mass is 79.9. The molecular weight excluding hydrogens is 310 g/mol. The Morgan fingerprint density at radius 1 is 1.56 bits per heavy atom. The number of primary sulfonamides is 1. The van der Waals surface area contributed by atoms with E-state index in [9.17, 15) is 17.2 Å². The molecule has 0 aliphatic carbocycles. The lowest BCUT2D eigenvalue weighted by atomic mass is 10.3. The van der Waals surface area contributed by atoms with Crippen LogP contribution in [0.15, 0.2) is 15.6 Å². The Balaban J connectivity index is 3.60. The minimum Gasteiger partial charge on any atom is -0.480 e. The van der Waals surface area contributed by atoms with E-state index in [4.69, 9.17) is 5.14 Å². The molecule has 0 bridgehead atoms. The first-order chi connectivity index (χ1) is 7.29. The van der Waals surface area contributed by atoms with Gasteiger partial charge in [-0.1, -0.05) is 0 Å². The summed E-state index contributed by atoms with van der Waals surface area (Å²) in [6.45, 7) is 0. The average Bonchev–Trinajstić information content (AvgIpc) is 2.14. The van der Waals surface area contributed by atoms with E-state index in [0.717, 1.165) is 13.3 Å². The highest BCUT2D eigenvalue weighted by Crippen LogP contribution is 2.35. The topological polar surface area (TPSA) is 82.3 Å². The number of nitrogens with two attached hydrogens (primary N) is 1. The molecule has 5 nitrogen and oxygen atoms in total. The van der Waals surface area contributed by atoms with E-state index in [1.54, 1.807) is 0 Å². The largest absolute Gasteiger partial charge is 0.480 e. The smallest absolute Gasteiger partial charge is 0.266 e. The van der Waals surface area contributed by atoms with E-state index in [1.165, 1.54) is 0 Å². The second kappa shape index (κ2) is 4.60. The second-order valence-electron chi connectivity index (χ2n) is 2.71. The predicted octanol–water partition coefficient (Wildman–Crippen LogP) is 1.44. The van der Waals surface area contributed by atoms with Crippen LogP contribution in [0.2, 0.25) is 0 Å². The molecule has 0 aromatic carbocycles. The molecule has 16 heavy (non-hydrogen) atoms. The van der Waals surface area contributed by atoms with Crippen LogP contribution in [0.4, 0.5) is 8.78 Å². The SMILES string of the molecule is COc1ncc(C(F)F)c(Br)c1S(N)(=O)=O. The van der Waals surface area contributed by atoms with Crippen molar-refractivity contribution in [1.82, 2.24) is 4.98 Å². The minimum absolute atomic E-state index is 0.334. The predicted molar refractivity (Wildman–Crippen MR) is 54.8 cm³/mol. The van der Waals surface area contributed by atoms with Crippen molar-refractivity contribution in [2.75, 3.05) is 7.11 Å². The van der Waals surface area contributed by atoms with Gasteiger partial charge in [0.25, 0.3) is 6.43 Å². The molecule has 0 amide bonds. The summed E-state index contributed by atoms with van der Waals surface area (Å²) in [6.07, 6.45) is -2.05. The van der Waals surface area contributed by atoms with Crippen LogP contribution in [0.1, 0.15) is 12.0 Å². The summed E-state index contributed by atoms with van der Waals surface area (Å²) in [5.41, 5.74) is -0.565. The lowest BCUT2D eigenvalue weighted by Crippen LogP contribution is -2.16. The van der Waals surface area contributed by atoms with Gasteiger partial charge < -0.3 is 4.74 Å². The number of pyridine rings is 1. The van der Waals surface area contributed by atoms with Crippen LogP contribution >= 0.6 is 15.9 Å². The van der Waals surface area contributed by atoms with Crippen molar-refractivity contribution in [3.05, 3.63) is 16.2 Å². The summed E-state index contributed by atoms with van der Waals surface area (Å²) in [4.78, 5) is 2.86. The maximum Gasteiger partial charge on any atom is 0.266 e. The molecular formula is C7H7BrF2N2O3S. The summed E-state index contributed by atoms with van der Waals surface area (Å²) < 4.78 is 51.7. The number of rotatable bonds is 3. The van der Waals surface area contributed by atoms with Gasteiger partial charge in [-0.25, -0.2) is 27.3 Å². The molecule has 2 N–H and O–H groups in total. The van der Waals surface area contributed by atoms with Crippen LogP contribution in [-0.4, -0.2) is 20.5 Å². The molecule has 0 aliphatic rings. The van der Waals surface area contributed by atoms with Crippen molar-refractivity contribution < 1.29 is 21.9 Å². The summed E-state index contributed by atoms with van der Waals surface area (Å²) in [5.74, 6) is -0.334. The first kappa shape index (κ1) is 13.3. The molecule has 0 radical (unpaired) electrons. The van der Waals surface area contributed by atoms with Gasteiger partial charge in [-0.3, -0.25) is 0 Å². The first-order valence-electron chi connectivity index (χ1n) is 3.82. The number of hydrogen-bond donors (Lipinski definition) is 1. The zero-order valence-corrected chi connectivity index (χ0v) is 10.3. The van der Waals surface area contributed by atoms with Gasteiger partial charge >= 0.3 is 0 Å². The van der Waals surface area contributed by atoms with E-state index in [2.05, 4.69) is 25.7 Å². The zero-order valence-electron chi connectivity index (χ0n) is 7.95. The van der Waals surface area contributed by atoms with Crippen molar-refractivity contribution in [3.8, 4) is 5.88 Å². The van der Waals surface area contributed by atoms with Crippen molar-refractivity contribution in [2.24, 2.45) is 5.14 Å². The van der Waals surface area contributed by atoms with Crippen molar-refractivity contribution in [3.63, 3.8) is 0 Å². The molecule has 0 atom stereocenters. The summed E-state index contributed by atoms with van der Waals surface area (Å²) >= 11 is 2.75. The van der Waals surface area contributed by atoms with Gasteiger partial charge in [0.05, 0.1) is 17.1 Å². The molecule has 0 saturated carbocycles. The first-order valence-corrected chi connectivity index (χ1v) is 6.16. The number of alkyl halides is 2. The Hall–Kier alpha value is -0.800. The highest BCUT2D eigenvalue weighted by molar-refractivity contribution is 9.10. The van der Waals surface area contributed by atoms with Crippen LogP contribution in [0, 0.1) is 0 Å². The van der Waals surface area contributed by atoms with Gasteiger partial charge in [0.2, 0.25) is 15.9 Å². The van der Waals surface area contributed by atoms with Crippen LogP contribution in [-0.2, 0) is 10.0 Å². The van der Waals surface area contributed by atoms with Gasteiger partial charge in [0, 0.05) is 6.20 Å². The lowest BCUT2D eigenvalue weighted by molar-refractivity contribution is 0.149. The third kappa shape index (κ3) is 2.47. The van der Waals surface area contributed by atoms with Crippen LogP contribution in [0.3, 0.4) is 0 Å². The average molecular weight is 317 g/mol. The number of sulfonamides is 1. The molecule has 0 aliphatic heterocycles. The molecule has 1 heterocycles. The number of methoxy groups -OCH3 is 1. The number of halogens is 3. The Bertz CT molecular complexity index is 507. The van der Waals surface area contributed by atoms with Crippen LogP contribution < -0.4 is 9.88 Å². The fourth-order valence-electron chi connectivity index (χ4n) is 1.01. The molecule has 90 valence electrons. The monoisotopic (exact) mass is 316 g/mol. The molecule has 0 saturated heterocycles. The van der Waals surface area contributed by atoms with E-state index in [1.807, 2.05) is 0 Å². The number of aromatic nitrogens is 1. The van der Waals surface area contributed by atoms with E-state index >= 15 is 0 Å². The number of ether oxygens (including phenoxy) is 1. The minimum atomic E-state index is -4.20. The van der Waals surface area contributed by atoms with Gasteiger partial charge in [0.1, 0.15) is 0 Å². The molecule has 0 spiro atoms. The molecule has 0 fully saturated rings. The summed E-state index contributed by atoms with van der Waals surface area (Å²) in [7, 11) is -3.04. The summed E-state index contributed by atoms with van der Waals surface area (Å²) in [6, 6.07) is 0. The second-order valence-corrected chi connectivity index (χ2v) is 5.00. The van der Waals surface area contributed by atoms with Crippen molar-refractivity contribution in [2.45, 2.75) is 11.3 Å². The van der Waals surface area contributed by atoms with Gasteiger partial charge in [-0.15, -0.1) is 0 Å². The Labute approximate surface area is 98.8 Å². The summed E-state index contributed by atoms with van der Waals surface area (Å²) in [5, 5.41) is 4.88. The number of hydrogen-bond acceptors (Lipinski definition) is 4. The van der Waals surface area contributed by atoms with E-state index in [0.29, 0.717) is 0 Å². The molecule has 9 heteroatoms. The van der Waals surface area contributed by atoms with Crippen LogP contribution in [0.25, 0.3) is 0 Å². The lowest BCUT2D eigenvalue weighted by Gasteiger charge is -2.10. The van der Waals surface area contributed by atoms with Gasteiger partial charge in [0.15, 0.2) is 4.90 Å². The molecule has 1 rings (SSSR count). The van der Waals surface area contributed by atoms with Crippen molar-refractivity contribution >= 4 is 26.0 Å². The Kier molecular flexibility index (Phi) is 3.81. The van der Waals surface area contributed by atoms with Gasteiger partial charge in [-0.05, 0) is 15.9 Å². The molecule has 0 unspecified atom stereocenters. The normalized spacial score (nSPS) is 11.9. The van der Waals surface area contributed by atoms with E-state index in [-0.39, 0.29) is 10.4 Å². The Morgan fingerprint density at radius 2 is 2.12 bits per heavy atom. The zero-order chi connectivity index (χ0) is 12.5. The highest BCUT2D eigenvalue weighted by Gasteiger charge is 2.26. The maximum atomic E-state index is 12.5. The fraction of sp³-hybridized carbons (Fsp3) is 0.286.